The average molecular weight is 837 g/mol. The molecule has 3 unspecified atom stereocenters. The molecule has 332 valence electrons. The Morgan fingerprint density at radius 2 is 0.983 bits per heavy atom. The van der Waals surface area contributed by atoms with Crippen LogP contribution in [-0.4, -0.2) is 68.5 Å². The van der Waals surface area contributed by atoms with Gasteiger partial charge in [0, 0.05) is 6.42 Å². The molecule has 0 heterocycles. The third-order valence-corrected chi connectivity index (χ3v) is 9.55. The molecule has 0 aliphatic rings. The van der Waals surface area contributed by atoms with Crippen LogP contribution in [0.5, 0.6) is 0 Å². The van der Waals surface area contributed by atoms with Crippen LogP contribution in [0.2, 0.25) is 0 Å². The predicted octanol–water partition coefficient (Wildman–Crippen LogP) is 11.8. The fourth-order valence-electron chi connectivity index (χ4n) is 5.14. The predicted molar refractivity (Wildman–Crippen MR) is 251 cm³/mol. The molecule has 0 aliphatic carbocycles. The minimum Gasteiger partial charge on any atom is -0.756 e. The van der Waals surface area contributed by atoms with E-state index < -0.39 is 26.6 Å². The first kappa shape index (κ1) is 55.6. The second-order valence-corrected chi connectivity index (χ2v) is 16.7. The van der Waals surface area contributed by atoms with E-state index in [0.717, 1.165) is 89.9 Å². The minimum absolute atomic E-state index is 0.0266. The maximum absolute atomic E-state index is 12.8. The van der Waals surface area contributed by atoms with Gasteiger partial charge in [0.2, 0.25) is 5.91 Å². The fourth-order valence-corrected chi connectivity index (χ4v) is 5.87. The van der Waals surface area contributed by atoms with Crippen LogP contribution < -0.4 is 10.2 Å². The molecule has 0 rings (SSSR count). The molecule has 59 heavy (non-hydrogen) atoms. The van der Waals surface area contributed by atoms with Crippen LogP contribution in [0, 0.1) is 0 Å². The molecule has 1 amide bonds. The molecule has 0 fully saturated rings. The largest absolute Gasteiger partial charge is 0.756 e. The highest BCUT2D eigenvalue weighted by molar-refractivity contribution is 7.45. The van der Waals surface area contributed by atoms with Gasteiger partial charge in [-0.1, -0.05) is 148 Å². The summed E-state index contributed by atoms with van der Waals surface area (Å²) in [4.78, 5) is 25.2. The highest BCUT2D eigenvalue weighted by atomic mass is 31.2. The van der Waals surface area contributed by atoms with Crippen molar-refractivity contribution in [3.05, 3.63) is 134 Å². The maximum Gasteiger partial charge on any atom is 0.268 e. The number of phosphoric acid groups is 1. The van der Waals surface area contributed by atoms with Gasteiger partial charge in [-0.3, -0.25) is 9.36 Å². The van der Waals surface area contributed by atoms with Gasteiger partial charge in [0.05, 0.1) is 39.9 Å². The Hall–Kier alpha value is -3.36. The molecule has 0 aliphatic heterocycles. The molecule has 0 aromatic rings. The first-order valence-electron chi connectivity index (χ1n) is 22.0. The Morgan fingerprint density at radius 1 is 0.593 bits per heavy atom. The molecular formula is C50H81N2O6P. The summed E-state index contributed by atoms with van der Waals surface area (Å²) < 4.78 is 23.1. The number of amides is 1. The number of quaternary nitrogens is 1. The van der Waals surface area contributed by atoms with Crippen LogP contribution in [0.15, 0.2) is 134 Å². The number of aliphatic hydroxyl groups excluding tert-OH is 1. The second-order valence-electron chi connectivity index (χ2n) is 15.3. The molecule has 0 saturated carbocycles. The summed E-state index contributed by atoms with van der Waals surface area (Å²) >= 11 is 0. The van der Waals surface area contributed by atoms with E-state index in [4.69, 9.17) is 9.05 Å². The van der Waals surface area contributed by atoms with Crippen LogP contribution in [0.1, 0.15) is 123 Å². The van der Waals surface area contributed by atoms with E-state index in [1.54, 1.807) is 6.08 Å². The van der Waals surface area contributed by atoms with E-state index >= 15 is 0 Å². The molecule has 0 bridgehead atoms. The topological polar surface area (TPSA) is 108 Å². The lowest BCUT2D eigenvalue weighted by atomic mass is 10.1. The molecule has 0 radical (unpaired) electrons. The highest BCUT2D eigenvalue weighted by Crippen LogP contribution is 2.38. The van der Waals surface area contributed by atoms with Crippen molar-refractivity contribution in [2.45, 2.75) is 135 Å². The van der Waals surface area contributed by atoms with Gasteiger partial charge in [-0.05, 0) is 103 Å². The molecule has 0 aromatic carbocycles. The summed E-state index contributed by atoms with van der Waals surface area (Å²) in [6, 6.07) is -0.941. The number of hydrogen-bond acceptors (Lipinski definition) is 6. The number of rotatable bonds is 37. The Balaban J connectivity index is 4.45. The quantitative estimate of drug-likeness (QED) is 0.0279. The second kappa shape index (κ2) is 40.1. The van der Waals surface area contributed by atoms with Crippen molar-refractivity contribution in [2.24, 2.45) is 0 Å². The van der Waals surface area contributed by atoms with Gasteiger partial charge in [0.15, 0.2) is 0 Å². The van der Waals surface area contributed by atoms with Crippen LogP contribution in [0.3, 0.4) is 0 Å². The van der Waals surface area contributed by atoms with Crippen LogP contribution in [0.25, 0.3) is 0 Å². The molecule has 8 nitrogen and oxygen atoms in total. The zero-order valence-electron chi connectivity index (χ0n) is 37.4. The van der Waals surface area contributed by atoms with Gasteiger partial charge >= 0.3 is 0 Å². The molecule has 2 N–H and O–H groups in total. The Kier molecular flexibility index (Phi) is 37.8. The fraction of sp³-hybridized carbons (Fsp3) is 0.540. The number of nitrogens with one attached hydrogen (secondary N) is 1. The van der Waals surface area contributed by atoms with Crippen molar-refractivity contribution >= 4 is 13.7 Å². The zero-order chi connectivity index (χ0) is 43.6. The van der Waals surface area contributed by atoms with Crippen molar-refractivity contribution in [2.75, 3.05) is 40.9 Å². The lowest BCUT2D eigenvalue weighted by Gasteiger charge is -2.29. The summed E-state index contributed by atoms with van der Waals surface area (Å²) in [5, 5.41) is 13.6. The summed E-state index contributed by atoms with van der Waals surface area (Å²) in [6.45, 7) is 4.29. The zero-order valence-corrected chi connectivity index (χ0v) is 38.3. The molecular weight excluding hydrogens is 756 g/mol. The number of likely N-dealkylation sites (N-methyl/N-ethyl adjacent to an activating group) is 1. The van der Waals surface area contributed by atoms with Crippen molar-refractivity contribution in [1.82, 2.24) is 5.32 Å². The van der Waals surface area contributed by atoms with E-state index in [9.17, 15) is 19.4 Å². The first-order chi connectivity index (χ1) is 28.5. The molecule has 3 atom stereocenters. The van der Waals surface area contributed by atoms with Gasteiger partial charge in [-0.25, -0.2) is 0 Å². The van der Waals surface area contributed by atoms with Gasteiger partial charge in [0.25, 0.3) is 7.82 Å². The molecule has 0 spiro atoms. The van der Waals surface area contributed by atoms with E-state index in [1.807, 2.05) is 27.2 Å². The van der Waals surface area contributed by atoms with E-state index in [1.165, 1.54) is 0 Å². The third kappa shape index (κ3) is 42.6. The van der Waals surface area contributed by atoms with Crippen LogP contribution in [0.4, 0.5) is 0 Å². The van der Waals surface area contributed by atoms with Crippen molar-refractivity contribution in [3.63, 3.8) is 0 Å². The molecule has 9 heteroatoms. The van der Waals surface area contributed by atoms with Crippen molar-refractivity contribution < 1.29 is 32.9 Å². The number of nitrogens with zero attached hydrogens (tertiary/aromatic N) is 1. The number of aliphatic hydroxyl groups is 1. The lowest BCUT2D eigenvalue weighted by Crippen LogP contribution is -2.45. The summed E-state index contributed by atoms with van der Waals surface area (Å²) in [5.74, 6) is -0.265. The van der Waals surface area contributed by atoms with Crippen molar-refractivity contribution in [1.29, 1.82) is 0 Å². The molecule has 0 saturated heterocycles. The Bertz CT molecular complexity index is 1410. The van der Waals surface area contributed by atoms with Gasteiger partial charge in [-0.15, -0.1) is 0 Å². The minimum atomic E-state index is -4.62. The maximum atomic E-state index is 12.8. The Labute approximate surface area is 360 Å². The Morgan fingerprint density at radius 3 is 1.44 bits per heavy atom. The van der Waals surface area contributed by atoms with Gasteiger partial charge in [-0.2, -0.15) is 0 Å². The first-order valence-corrected chi connectivity index (χ1v) is 23.5. The summed E-state index contributed by atoms with van der Waals surface area (Å²) in [7, 11) is 1.17. The van der Waals surface area contributed by atoms with E-state index in [0.29, 0.717) is 23.9 Å². The van der Waals surface area contributed by atoms with Crippen molar-refractivity contribution in [3.8, 4) is 0 Å². The smallest absolute Gasteiger partial charge is 0.268 e. The number of allylic oxidation sites excluding steroid dienone is 21. The van der Waals surface area contributed by atoms with E-state index in [-0.39, 0.29) is 18.9 Å². The highest BCUT2D eigenvalue weighted by Gasteiger charge is 2.23. The van der Waals surface area contributed by atoms with Crippen LogP contribution >= 0.6 is 7.82 Å². The number of carbonyl (C=O) groups is 1. The molecule has 0 aromatic heterocycles. The van der Waals surface area contributed by atoms with Crippen LogP contribution in [-0.2, 0) is 18.4 Å². The van der Waals surface area contributed by atoms with Gasteiger partial charge < -0.3 is 28.8 Å². The number of hydrogen-bond donors (Lipinski definition) is 2. The SMILES string of the molecule is CC/C=C\C/C=C\C/C=C\C/C=C\C/C=C\C/C=C\C/C=C\C/C=C\CCCCC(=O)NC(COP(=O)([O-])OCC[N+](C)(C)C)C(O)/C=C/CC/C=C/CC/C=C/CC. The number of unbranched alkanes of at least 4 members (excludes halogenated alkanes) is 4. The monoisotopic (exact) mass is 837 g/mol. The average Bonchev–Trinajstić information content (AvgIpc) is 3.19. The van der Waals surface area contributed by atoms with E-state index in [2.05, 4.69) is 141 Å². The number of phosphoric ester groups is 1. The summed E-state index contributed by atoms with van der Waals surface area (Å²) in [6.07, 6.45) is 61.0. The lowest BCUT2D eigenvalue weighted by molar-refractivity contribution is -0.870. The third-order valence-electron chi connectivity index (χ3n) is 8.58. The summed E-state index contributed by atoms with van der Waals surface area (Å²) in [5.41, 5.74) is 0. The van der Waals surface area contributed by atoms with Gasteiger partial charge in [0.1, 0.15) is 13.2 Å². The number of carbonyl (C=O) groups excluding carboxylic acids is 1. The standard InChI is InChI=1S/C50H81N2O6P/c1-6-8-10-12-14-16-18-19-20-21-22-23-24-25-26-27-28-29-30-31-32-33-34-36-38-40-42-44-50(54)51-48(47-58-59(55,56)57-46-45-52(3,4)5)49(53)43-41-39-37-35-17-15-13-11-9-7-2/h8-11,14,16-17,19-20,22-23,25-26,28-29,31-32,34-36,41,43,48-49,53H,6-7,12-13,15,18,21,24,27,30,33,37-40,42,44-47H2,1-5H3,(H-,51,54,55,56)/b10-8-,11-9+,16-14-,20-19-,23-22-,26-25-,29-28-,32-31-,35-17+,36-34-,43-41+. The normalized spacial score (nSPS) is 15.6.